The zero-order valence-corrected chi connectivity index (χ0v) is 12.7. The van der Waals surface area contributed by atoms with E-state index in [0.29, 0.717) is 18.4 Å². The molecule has 20 heavy (non-hydrogen) atoms. The van der Waals surface area contributed by atoms with Crippen molar-refractivity contribution in [3.8, 4) is 11.5 Å². The molecule has 4 nitrogen and oxygen atoms in total. The van der Waals surface area contributed by atoms with Crippen LogP contribution in [0.2, 0.25) is 0 Å². The molecule has 0 aromatic heterocycles. The van der Waals surface area contributed by atoms with Crippen molar-refractivity contribution in [1.29, 1.82) is 0 Å². The number of phenols is 1. The standard InChI is InChI=1S/C16H26N2O2/c1-4-20-16-9-13(5-8-15(16)19)11-17-10-12(2)18(3)14-6-7-14/h5,8-9,12,14,17,19H,4,6-7,10-11H2,1-3H3. The van der Waals surface area contributed by atoms with Gasteiger partial charge in [-0.05, 0) is 51.4 Å². The molecule has 1 saturated carbocycles. The SMILES string of the molecule is CCOc1cc(CNCC(C)N(C)C2CC2)ccc1O. The maximum Gasteiger partial charge on any atom is 0.161 e. The number of benzene rings is 1. The van der Waals surface area contributed by atoms with Gasteiger partial charge in [0.1, 0.15) is 0 Å². The summed E-state index contributed by atoms with van der Waals surface area (Å²) in [5.74, 6) is 0.771. The van der Waals surface area contributed by atoms with Crippen molar-refractivity contribution >= 4 is 0 Å². The molecule has 4 heteroatoms. The second-order valence-electron chi connectivity index (χ2n) is 5.61. The van der Waals surface area contributed by atoms with Crippen LogP contribution >= 0.6 is 0 Å². The molecule has 1 aliphatic rings. The van der Waals surface area contributed by atoms with E-state index in [-0.39, 0.29) is 5.75 Å². The number of hydrogen-bond donors (Lipinski definition) is 2. The molecule has 1 aromatic rings. The van der Waals surface area contributed by atoms with Crippen LogP contribution in [0.25, 0.3) is 0 Å². The first-order valence-corrected chi connectivity index (χ1v) is 7.49. The summed E-state index contributed by atoms with van der Waals surface area (Å²) in [6.45, 7) is 6.50. The van der Waals surface area contributed by atoms with Gasteiger partial charge in [-0.2, -0.15) is 0 Å². The highest BCUT2D eigenvalue weighted by atomic mass is 16.5. The van der Waals surface area contributed by atoms with Crippen LogP contribution in [-0.4, -0.2) is 42.3 Å². The Hall–Kier alpha value is -1.26. The molecule has 0 radical (unpaired) electrons. The van der Waals surface area contributed by atoms with Gasteiger partial charge in [-0.3, -0.25) is 4.90 Å². The van der Waals surface area contributed by atoms with E-state index in [9.17, 15) is 5.11 Å². The third kappa shape index (κ3) is 4.12. The maximum absolute atomic E-state index is 9.67. The third-order valence-electron chi connectivity index (χ3n) is 3.91. The van der Waals surface area contributed by atoms with Gasteiger partial charge in [0.15, 0.2) is 11.5 Å². The largest absolute Gasteiger partial charge is 0.504 e. The van der Waals surface area contributed by atoms with Crippen LogP contribution in [0.3, 0.4) is 0 Å². The average molecular weight is 278 g/mol. The monoisotopic (exact) mass is 278 g/mol. The van der Waals surface area contributed by atoms with E-state index in [1.807, 2.05) is 19.1 Å². The van der Waals surface area contributed by atoms with Crippen molar-refractivity contribution in [2.24, 2.45) is 0 Å². The molecule has 1 atom stereocenters. The number of nitrogens with one attached hydrogen (secondary N) is 1. The van der Waals surface area contributed by atoms with Crippen molar-refractivity contribution < 1.29 is 9.84 Å². The van der Waals surface area contributed by atoms with Gasteiger partial charge in [0, 0.05) is 25.2 Å². The van der Waals surface area contributed by atoms with Crippen molar-refractivity contribution in [1.82, 2.24) is 10.2 Å². The molecule has 2 N–H and O–H groups in total. The van der Waals surface area contributed by atoms with Crippen LogP contribution in [0.15, 0.2) is 18.2 Å². The van der Waals surface area contributed by atoms with E-state index in [4.69, 9.17) is 4.74 Å². The molecule has 0 amide bonds. The molecule has 112 valence electrons. The Morgan fingerprint density at radius 2 is 2.20 bits per heavy atom. The second-order valence-corrected chi connectivity index (χ2v) is 5.61. The minimum atomic E-state index is 0.206. The van der Waals surface area contributed by atoms with Crippen LogP contribution in [0, 0.1) is 0 Å². The van der Waals surface area contributed by atoms with Gasteiger partial charge in [-0.25, -0.2) is 0 Å². The predicted molar refractivity (Wildman–Crippen MR) is 81.2 cm³/mol. The lowest BCUT2D eigenvalue weighted by Crippen LogP contribution is -2.38. The fraction of sp³-hybridized carbons (Fsp3) is 0.625. The molecule has 0 aliphatic heterocycles. The summed E-state index contributed by atoms with van der Waals surface area (Å²) in [4.78, 5) is 2.45. The Balaban J connectivity index is 1.79. The Bertz CT molecular complexity index is 432. The summed E-state index contributed by atoms with van der Waals surface area (Å²) < 4.78 is 5.40. The maximum atomic E-state index is 9.67. The molecule has 2 rings (SSSR count). The van der Waals surface area contributed by atoms with Gasteiger partial charge < -0.3 is 15.2 Å². The number of ether oxygens (including phenoxy) is 1. The van der Waals surface area contributed by atoms with E-state index >= 15 is 0 Å². The minimum absolute atomic E-state index is 0.206. The van der Waals surface area contributed by atoms with Gasteiger partial charge >= 0.3 is 0 Å². The lowest BCUT2D eigenvalue weighted by atomic mass is 10.2. The quantitative estimate of drug-likeness (QED) is 0.766. The highest BCUT2D eigenvalue weighted by molar-refractivity contribution is 5.41. The topological polar surface area (TPSA) is 44.7 Å². The first-order chi connectivity index (χ1) is 9.61. The smallest absolute Gasteiger partial charge is 0.161 e. The molecule has 0 saturated heterocycles. The number of phenolic OH excluding ortho intramolecular Hbond substituents is 1. The summed E-state index contributed by atoms with van der Waals surface area (Å²) in [6, 6.07) is 6.87. The average Bonchev–Trinajstić information content (AvgIpc) is 3.26. The van der Waals surface area contributed by atoms with Gasteiger partial charge in [0.2, 0.25) is 0 Å². The number of rotatable bonds is 8. The van der Waals surface area contributed by atoms with E-state index in [1.165, 1.54) is 12.8 Å². The first kappa shape index (κ1) is 15.1. The summed E-state index contributed by atoms with van der Waals surface area (Å²) in [6.07, 6.45) is 2.69. The minimum Gasteiger partial charge on any atom is -0.504 e. The highest BCUT2D eigenvalue weighted by Gasteiger charge is 2.28. The Morgan fingerprint density at radius 3 is 2.85 bits per heavy atom. The summed E-state index contributed by atoms with van der Waals surface area (Å²) in [5, 5.41) is 13.1. The van der Waals surface area contributed by atoms with Gasteiger partial charge in [-0.1, -0.05) is 6.07 Å². The molecule has 0 heterocycles. The summed E-state index contributed by atoms with van der Waals surface area (Å²) in [7, 11) is 2.21. The summed E-state index contributed by atoms with van der Waals surface area (Å²) >= 11 is 0. The number of aromatic hydroxyl groups is 1. The third-order valence-corrected chi connectivity index (χ3v) is 3.91. The molecule has 0 bridgehead atoms. The highest BCUT2D eigenvalue weighted by Crippen LogP contribution is 2.27. The van der Waals surface area contributed by atoms with E-state index in [0.717, 1.165) is 24.7 Å². The fourth-order valence-electron chi connectivity index (χ4n) is 2.35. The molecule has 0 spiro atoms. The predicted octanol–water partition coefficient (Wildman–Crippen LogP) is 2.36. The zero-order chi connectivity index (χ0) is 14.5. The molecule has 1 fully saturated rings. The molecule has 1 aromatic carbocycles. The summed E-state index contributed by atoms with van der Waals surface area (Å²) in [5.41, 5.74) is 1.13. The zero-order valence-electron chi connectivity index (χ0n) is 12.7. The van der Waals surface area contributed by atoms with E-state index in [1.54, 1.807) is 6.07 Å². The van der Waals surface area contributed by atoms with E-state index in [2.05, 4.69) is 24.2 Å². The van der Waals surface area contributed by atoms with Gasteiger partial charge in [0.05, 0.1) is 6.61 Å². The molecular weight excluding hydrogens is 252 g/mol. The molecule has 1 unspecified atom stereocenters. The lowest BCUT2D eigenvalue weighted by Gasteiger charge is -2.24. The van der Waals surface area contributed by atoms with E-state index < -0.39 is 0 Å². The van der Waals surface area contributed by atoms with Crippen molar-refractivity contribution in [3.63, 3.8) is 0 Å². The Morgan fingerprint density at radius 1 is 1.45 bits per heavy atom. The van der Waals surface area contributed by atoms with Crippen molar-refractivity contribution in [3.05, 3.63) is 23.8 Å². The number of likely N-dealkylation sites (N-methyl/N-ethyl adjacent to an activating group) is 1. The molecule has 1 aliphatic carbocycles. The van der Waals surface area contributed by atoms with Crippen LogP contribution in [0.4, 0.5) is 0 Å². The second kappa shape index (κ2) is 6.95. The number of hydrogen-bond acceptors (Lipinski definition) is 4. The Labute approximate surface area is 121 Å². The van der Waals surface area contributed by atoms with Gasteiger partial charge in [0.25, 0.3) is 0 Å². The molecular formula is C16H26N2O2. The normalized spacial score (nSPS) is 16.4. The van der Waals surface area contributed by atoms with Crippen LogP contribution in [-0.2, 0) is 6.54 Å². The van der Waals surface area contributed by atoms with Gasteiger partial charge in [-0.15, -0.1) is 0 Å². The number of nitrogens with zero attached hydrogens (tertiary/aromatic N) is 1. The van der Waals surface area contributed by atoms with Crippen LogP contribution in [0.1, 0.15) is 32.3 Å². The van der Waals surface area contributed by atoms with Crippen molar-refractivity contribution in [2.75, 3.05) is 20.2 Å². The van der Waals surface area contributed by atoms with Crippen LogP contribution < -0.4 is 10.1 Å². The Kier molecular flexibility index (Phi) is 5.26. The van der Waals surface area contributed by atoms with Crippen LogP contribution in [0.5, 0.6) is 11.5 Å². The first-order valence-electron chi connectivity index (χ1n) is 7.49. The van der Waals surface area contributed by atoms with Crippen molar-refractivity contribution in [2.45, 2.75) is 45.3 Å². The fourth-order valence-corrected chi connectivity index (χ4v) is 2.35. The lowest BCUT2D eigenvalue weighted by molar-refractivity contribution is 0.241.